The third-order valence-electron chi connectivity index (χ3n) is 14.5. The van der Waals surface area contributed by atoms with E-state index < -0.39 is 142 Å². The van der Waals surface area contributed by atoms with Crippen LogP contribution in [-0.4, -0.2) is 207 Å². The van der Waals surface area contributed by atoms with Crippen molar-refractivity contribution in [1.82, 2.24) is 46.6 Å². The fraction of sp³-hybridized carbons (Fsp3) is 0.549. The number of fused-ring (bicyclic) bond motifs is 3. The highest BCUT2D eigenvalue weighted by atomic mass is 27.3. The van der Waals surface area contributed by atoms with Crippen LogP contribution in [0, 0.1) is 5.92 Å². The zero-order valence-electron chi connectivity index (χ0n) is 43.9. The van der Waals surface area contributed by atoms with Gasteiger partial charge in [0, 0.05) is 58.7 Å². The van der Waals surface area contributed by atoms with Crippen molar-refractivity contribution >= 4 is 86.2 Å². The van der Waals surface area contributed by atoms with Gasteiger partial charge in [-0.05, 0) is 47.4 Å². The number of halogens is 1. The summed E-state index contributed by atoms with van der Waals surface area (Å²) in [4.78, 5) is 150. The molecule has 4 unspecified atom stereocenters. The number of para-hydroxylation sites is 1. The third kappa shape index (κ3) is 16.7. The molecule has 5 aliphatic heterocycles. The Morgan fingerprint density at radius 2 is 1.39 bits per heavy atom. The first-order chi connectivity index (χ1) is 37.7. The summed E-state index contributed by atoms with van der Waals surface area (Å²) in [6.45, 7) is 5.38. The van der Waals surface area contributed by atoms with Crippen LogP contribution in [0.4, 0.5) is 9.21 Å². The van der Waals surface area contributed by atoms with Gasteiger partial charge in [0.1, 0.15) is 30.2 Å². The van der Waals surface area contributed by atoms with Crippen LogP contribution in [0.25, 0.3) is 0 Å². The number of nitrogens with one attached hydrogen (secondary N) is 6. The smallest absolute Gasteiger partial charge is 0.558 e. The Labute approximate surface area is 459 Å². The van der Waals surface area contributed by atoms with E-state index >= 15 is 0 Å². The standard InChI is InChI=1S/C51H68N10O16.Al.FH/c1-3-29(2)45(49(74)55-35-12-11-32-5-4-6-33-22-37(61(46(32)33)50(35)75)48(73)56-36-23-44(71)77-51(36)76)57-40(64)25-52-39(63)24-53-47(72)34(13-14-41(65)66)54-38(62)21-30-7-9-31(10-8-30)26-58-15-17-59(27-42(67)68)19-20-60(18-16-58)28-43(69)70;;/h4-10,29,34-37,45,51,76H,3,11-28H2,1-2H3,(H,52,63)(H,53,72)(H,54,62)(H,55,74)(H,56,73)(H,57,64)(H,65,66)(H,67,68)(H,69,70);;1H/q;+3;/p-3/t29-,34+,35-,36?,37-,45-,51?;;/m0../s1. The van der Waals surface area contributed by atoms with Crippen molar-refractivity contribution in [2.45, 2.75) is 108 Å². The van der Waals surface area contributed by atoms with E-state index in [9.17, 15) is 66.5 Å². The molecule has 26 nitrogen and oxygen atoms in total. The minimum atomic E-state index is -3.93. The minimum Gasteiger partial charge on any atom is -0.558 e. The molecule has 3 saturated heterocycles. The molecule has 2 aromatic rings. The van der Waals surface area contributed by atoms with Crippen LogP contribution in [0.2, 0.25) is 0 Å². The van der Waals surface area contributed by atoms with Crippen LogP contribution in [0.15, 0.2) is 42.5 Å². The van der Waals surface area contributed by atoms with E-state index in [1.165, 1.54) is 4.90 Å². The number of aryl methyl sites for hydroxylation is 1. The largest absolute Gasteiger partial charge is 1.15 e. The Morgan fingerprint density at radius 1 is 0.759 bits per heavy atom. The number of cyclic esters (lactones) is 1. The van der Waals surface area contributed by atoms with Gasteiger partial charge in [-0.25, -0.2) is 0 Å². The molecule has 0 radical (unpaired) electrons. The number of carboxylic acids is 1. The average Bonchev–Trinajstić information content (AvgIpc) is 3.93. The van der Waals surface area contributed by atoms with Gasteiger partial charge in [0.25, 0.3) is 11.9 Å². The lowest BCUT2D eigenvalue weighted by Crippen LogP contribution is -2.59. The quantitative estimate of drug-likeness (QED) is 0.0483. The first kappa shape index (κ1) is 59.6. The average molecular weight is 1120 g/mol. The van der Waals surface area contributed by atoms with E-state index in [4.69, 9.17) is 12.3 Å². The maximum Gasteiger partial charge on any atom is 1.15 e. The molecule has 0 spiro atoms. The highest BCUT2D eigenvalue weighted by Crippen LogP contribution is 2.39. The molecular formula is C51H66AlFN10O16. The summed E-state index contributed by atoms with van der Waals surface area (Å²) in [5.41, 5.74) is 3.53. The lowest BCUT2D eigenvalue weighted by Gasteiger charge is -2.30. The van der Waals surface area contributed by atoms with Crippen LogP contribution in [0.3, 0.4) is 0 Å². The fourth-order valence-electron chi connectivity index (χ4n) is 9.96. The Bertz CT molecular complexity index is 2620. The minimum absolute atomic E-state index is 0.142. The zero-order valence-corrected chi connectivity index (χ0v) is 45.0. The van der Waals surface area contributed by atoms with Crippen molar-refractivity contribution in [2.75, 3.05) is 70.3 Å². The molecule has 426 valence electrons. The fourth-order valence-corrected chi connectivity index (χ4v) is 10.6. The number of aliphatic carboxylic acids is 1. The number of nitrogens with zero attached hydrogens (tertiary/aromatic N) is 4. The molecule has 7 amide bonds. The maximum absolute atomic E-state index is 14.3. The number of carbonyl (C=O) groups is 11. The number of aliphatic hydroxyl groups is 1. The van der Waals surface area contributed by atoms with Crippen LogP contribution < -0.4 is 36.8 Å². The van der Waals surface area contributed by atoms with E-state index in [-0.39, 0.29) is 45.2 Å². The number of ether oxygens (including phenoxy) is 1. The van der Waals surface area contributed by atoms with Gasteiger partial charge in [0.05, 0.1) is 44.7 Å². The van der Waals surface area contributed by atoms with Crippen molar-refractivity contribution in [3.8, 4) is 0 Å². The molecule has 8 N–H and O–H groups in total. The van der Waals surface area contributed by atoms with Gasteiger partial charge in [0.2, 0.25) is 47.6 Å². The molecular weight excluding hydrogens is 1050 g/mol. The van der Waals surface area contributed by atoms with Gasteiger partial charge in [-0.15, -0.1) is 0 Å². The van der Waals surface area contributed by atoms with Crippen molar-refractivity contribution in [3.63, 3.8) is 0 Å². The lowest BCUT2D eigenvalue weighted by molar-refractivity contribution is -0.155. The van der Waals surface area contributed by atoms with Crippen molar-refractivity contribution < 1.29 is 78.8 Å². The number of carbonyl (C=O) groups excluding carboxylic acids is 10. The van der Waals surface area contributed by atoms with Crippen LogP contribution in [0.5, 0.6) is 0 Å². The van der Waals surface area contributed by atoms with Crippen LogP contribution >= 0.6 is 0 Å². The van der Waals surface area contributed by atoms with Crippen molar-refractivity contribution in [2.24, 2.45) is 5.92 Å². The second-order valence-electron chi connectivity index (χ2n) is 20.2. The summed E-state index contributed by atoms with van der Waals surface area (Å²) < 4.78 is 28.3. The molecule has 28 heteroatoms. The summed E-state index contributed by atoms with van der Waals surface area (Å²) in [5, 5.41) is 34.8. The van der Waals surface area contributed by atoms with E-state index in [0.29, 0.717) is 69.9 Å². The molecule has 2 bridgehead atoms. The van der Waals surface area contributed by atoms with Gasteiger partial charge >= 0.3 is 27.2 Å². The summed E-state index contributed by atoms with van der Waals surface area (Å²) in [6.07, 6.45) is -1.69. The Kier molecular flexibility index (Phi) is 20.9. The summed E-state index contributed by atoms with van der Waals surface area (Å²) in [5.74, 6) is -8.92. The first-order valence-electron chi connectivity index (χ1n) is 26.3. The van der Waals surface area contributed by atoms with Gasteiger partial charge in [0.15, 0.2) is 0 Å². The second-order valence-corrected chi connectivity index (χ2v) is 21.2. The van der Waals surface area contributed by atoms with Gasteiger partial charge in [-0.1, -0.05) is 62.7 Å². The van der Waals surface area contributed by atoms with Gasteiger partial charge in [-0.3, -0.25) is 72.3 Å². The number of amides is 7. The number of carboxylic acid groups (broad SMARTS) is 1. The van der Waals surface area contributed by atoms with Crippen LogP contribution in [0.1, 0.15) is 68.2 Å². The second kappa shape index (κ2) is 27.7. The number of hydrogen-bond acceptors (Lipinski definition) is 18. The Balaban J connectivity index is 0.875. The molecule has 2 aromatic carbocycles. The van der Waals surface area contributed by atoms with Gasteiger partial charge in [-0.2, -0.15) is 0 Å². The lowest BCUT2D eigenvalue weighted by atomic mass is 9.97. The number of anilines is 1. The predicted molar refractivity (Wildman–Crippen MR) is 274 cm³/mol. The zero-order chi connectivity index (χ0) is 56.9. The molecule has 7 rings (SSSR count). The number of rotatable bonds is 20. The molecule has 3 fully saturated rings. The predicted octanol–water partition coefficient (Wildman–Crippen LogP) is -3.05. The monoisotopic (exact) mass is 1120 g/mol. The number of aliphatic hydroxyl groups excluding tert-OH is 1. The molecule has 5 heterocycles. The molecule has 5 aliphatic rings. The van der Waals surface area contributed by atoms with E-state index in [0.717, 1.165) is 16.7 Å². The molecule has 79 heavy (non-hydrogen) atoms. The summed E-state index contributed by atoms with van der Waals surface area (Å²) >= 11 is -3.93. The molecule has 0 aromatic heterocycles. The highest BCUT2D eigenvalue weighted by molar-refractivity contribution is 6.41. The Hall–Kier alpha value is -7.09. The summed E-state index contributed by atoms with van der Waals surface area (Å²) in [7, 11) is 0. The molecule has 9 atom stereocenters. The number of esters is 1. The number of benzene rings is 2. The van der Waals surface area contributed by atoms with E-state index in [2.05, 4.69) is 36.8 Å². The normalized spacial score (nSPS) is 23.5. The summed E-state index contributed by atoms with van der Waals surface area (Å²) in [6, 6.07) is 6.82. The van der Waals surface area contributed by atoms with Crippen LogP contribution in [-0.2, 0) is 90.9 Å². The maximum atomic E-state index is 14.3. The SMILES string of the molecule is CC[C@H](C)[C@H](NC(=O)CNC(=O)CNC(=O)[C@@H](CCC(=O)O)NC(=O)Cc1ccc(CN2CCN3CCN(CC2)CC(=O)[O][Al]([F])[O]C(=O)C3)cc1)C(=O)N[C@H]1CCc2cccc3c2N(C1=O)[C@H](C(=O)NC1CC(=O)OC1O)C3. The highest BCUT2D eigenvalue weighted by Gasteiger charge is 2.47. The van der Waals surface area contributed by atoms with E-state index in [1.54, 1.807) is 32.0 Å². The third-order valence-corrected chi connectivity index (χ3v) is 15.4. The topological polar surface area (TPSA) is 341 Å². The molecule has 0 saturated carbocycles. The number of hydrogen-bond donors (Lipinski definition) is 8. The van der Waals surface area contributed by atoms with E-state index in [1.807, 2.05) is 34.1 Å². The molecule has 0 aliphatic carbocycles. The van der Waals surface area contributed by atoms with Crippen molar-refractivity contribution in [1.29, 1.82) is 0 Å². The van der Waals surface area contributed by atoms with Gasteiger partial charge < -0.3 is 58.0 Å². The van der Waals surface area contributed by atoms with Crippen molar-refractivity contribution in [3.05, 3.63) is 64.7 Å². The first-order valence-corrected chi connectivity index (χ1v) is 27.7. The Morgan fingerprint density at radius 3 is 2.03 bits per heavy atom.